The number of nitrogens with one attached hydrogen (secondary N) is 4. The average Bonchev–Trinajstić information content (AvgIpc) is 3.67. The highest BCUT2D eigenvalue weighted by Crippen LogP contribution is 2.30. The van der Waals surface area contributed by atoms with Gasteiger partial charge >= 0.3 is 5.97 Å². The van der Waals surface area contributed by atoms with Crippen LogP contribution in [0.2, 0.25) is 0 Å². The normalized spacial score (nSPS) is 12.0. The number of nitrogens with zero attached hydrogens (tertiary/aromatic N) is 4. The van der Waals surface area contributed by atoms with Crippen molar-refractivity contribution in [1.29, 1.82) is 0 Å². The summed E-state index contributed by atoms with van der Waals surface area (Å²) in [5.74, 6) is -5.00. The highest BCUT2D eigenvalue weighted by atomic mass is 16.5. The first kappa shape index (κ1) is 35.9. The van der Waals surface area contributed by atoms with Crippen molar-refractivity contribution < 1.29 is 34.3 Å². The molecule has 0 saturated heterocycles. The first-order valence-electron chi connectivity index (χ1n) is 15.7. The van der Waals surface area contributed by atoms with Crippen molar-refractivity contribution in [2.45, 2.75) is 45.2 Å². The van der Waals surface area contributed by atoms with Gasteiger partial charge in [0.25, 0.3) is 5.91 Å². The fourth-order valence-electron chi connectivity index (χ4n) is 5.17. The van der Waals surface area contributed by atoms with Gasteiger partial charge in [-0.2, -0.15) is 0 Å². The first-order chi connectivity index (χ1) is 23.7. The van der Waals surface area contributed by atoms with Crippen LogP contribution in [0.5, 0.6) is 0 Å². The highest BCUT2D eigenvalue weighted by Gasteiger charge is 2.31. The average molecular weight is 671 g/mol. The second kappa shape index (κ2) is 17.8. The van der Waals surface area contributed by atoms with E-state index in [4.69, 9.17) is 5.21 Å². The van der Waals surface area contributed by atoms with Gasteiger partial charge in [-0.1, -0.05) is 92.2 Å². The molecule has 6 N–H and O–H groups in total. The van der Waals surface area contributed by atoms with Gasteiger partial charge in [0.1, 0.15) is 12.0 Å². The molecule has 3 aromatic carbocycles. The van der Waals surface area contributed by atoms with E-state index in [2.05, 4.69) is 31.3 Å². The zero-order chi connectivity index (χ0) is 35.2. The predicted octanol–water partition coefficient (Wildman–Crippen LogP) is 2.10. The van der Waals surface area contributed by atoms with Gasteiger partial charge < -0.3 is 20.6 Å². The summed E-state index contributed by atoms with van der Waals surface area (Å²) in [7, 11) is 0. The number of carbonyl (C=O) groups is 5. The molecule has 0 aliphatic heterocycles. The van der Waals surface area contributed by atoms with Crippen LogP contribution in [0.4, 0.5) is 0 Å². The van der Waals surface area contributed by atoms with Crippen LogP contribution in [0, 0.1) is 5.92 Å². The number of H-pyrrole nitrogens is 1. The lowest BCUT2D eigenvalue weighted by molar-refractivity contribution is -0.151. The lowest BCUT2D eigenvalue weighted by atomic mass is 9.98. The molecule has 0 aliphatic rings. The second-order valence-electron chi connectivity index (χ2n) is 11.2. The molecular formula is C34H38N8O7. The number of amides is 4. The number of hydrogen-bond donors (Lipinski definition) is 6. The minimum atomic E-state index is -1.41. The number of tetrazole rings is 1. The Kier molecular flexibility index (Phi) is 13.0. The van der Waals surface area contributed by atoms with E-state index in [0.29, 0.717) is 23.4 Å². The number of hydrogen-bond acceptors (Lipinski definition) is 9. The molecule has 2 atom stereocenters. The number of hydroxylamine groups is 1. The highest BCUT2D eigenvalue weighted by molar-refractivity contribution is 6.01. The van der Waals surface area contributed by atoms with Crippen molar-refractivity contribution in [3.05, 3.63) is 90.0 Å². The van der Waals surface area contributed by atoms with E-state index in [-0.39, 0.29) is 25.3 Å². The summed E-state index contributed by atoms with van der Waals surface area (Å²) in [5.41, 5.74) is 5.31. The first-order valence-corrected chi connectivity index (χ1v) is 15.7. The third kappa shape index (κ3) is 10.0. The van der Waals surface area contributed by atoms with Crippen molar-refractivity contribution in [3.63, 3.8) is 0 Å². The monoisotopic (exact) mass is 670 g/mol. The number of carbonyl (C=O) groups excluding carboxylic acids is 4. The molecule has 0 aliphatic carbocycles. The number of aromatic amines is 1. The molecule has 49 heavy (non-hydrogen) atoms. The number of benzene rings is 3. The number of aliphatic carboxylic acids is 1. The van der Waals surface area contributed by atoms with Crippen LogP contribution in [0.25, 0.3) is 22.5 Å². The smallest absolute Gasteiger partial charge is 0.328 e. The lowest BCUT2D eigenvalue weighted by Crippen LogP contribution is -2.52. The van der Waals surface area contributed by atoms with E-state index in [9.17, 15) is 29.1 Å². The summed E-state index contributed by atoms with van der Waals surface area (Å²) in [6.45, 7) is 0.896. The Balaban J connectivity index is 1.43. The number of carboxylic acids is 1. The second-order valence-corrected chi connectivity index (χ2v) is 11.2. The summed E-state index contributed by atoms with van der Waals surface area (Å²) in [4.78, 5) is 64.6. The number of aromatic nitrogens is 4. The molecule has 0 fully saturated rings. The zero-order valence-electron chi connectivity index (χ0n) is 26.8. The quantitative estimate of drug-likeness (QED) is 0.0546. The van der Waals surface area contributed by atoms with Crippen molar-refractivity contribution >= 4 is 29.6 Å². The Bertz CT molecular complexity index is 1720. The molecule has 4 amide bonds. The number of rotatable bonds is 17. The van der Waals surface area contributed by atoms with Crippen LogP contribution in [0.15, 0.2) is 78.9 Å². The molecule has 256 valence electrons. The van der Waals surface area contributed by atoms with Crippen LogP contribution < -0.4 is 16.1 Å². The summed E-state index contributed by atoms with van der Waals surface area (Å²) in [6, 6.07) is 22.1. The van der Waals surface area contributed by atoms with E-state index in [0.717, 1.165) is 23.1 Å². The fourth-order valence-corrected chi connectivity index (χ4v) is 5.17. The van der Waals surface area contributed by atoms with Crippen LogP contribution in [-0.2, 0) is 36.9 Å². The van der Waals surface area contributed by atoms with Gasteiger partial charge in [-0.05, 0) is 45.5 Å². The Hall–Kier alpha value is -5.96. The van der Waals surface area contributed by atoms with Gasteiger partial charge in [-0.15, -0.1) is 5.10 Å². The summed E-state index contributed by atoms with van der Waals surface area (Å²) < 4.78 is 0. The fraction of sp³-hybridized carbons (Fsp3) is 0.294. The minimum Gasteiger partial charge on any atom is -0.480 e. The van der Waals surface area contributed by atoms with E-state index in [1.165, 1.54) is 10.4 Å². The van der Waals surface area contributed by atoms with Crippen LogP contribution in [-0.4, -0.2) is 84.6 Å². The predicted molar refractivity (Wildman–Crippen MR) is 176 cm³/mol. The molecule has 15 nitrogen and oxygen atoms in total. The summed E-state index contributed by atoms with van der Waals surface area (Å²) in [6.07, 6.45) is 1.37. The summed E-state index contributed by atoms with van der Waals surface area (Å²) >= 11 is 0. The molecule has 4 aromatic rings. The Morgan fingerprint density at radius 2 is 1.55 bits per heavy atom. The van der Waals surface area contributed by atoms with Crippen LogP contribution in [0.1, 0.15) is 37.3 Å². The molecule has 4 rings (SSSR count). The molecule has 1 heterocycles. The van der Waals surface area contributed by atoms with Gasteiger partial charge in [0.05, 0.1) is 6.54 Å². The lowest BCUT2D eigenvalue weighted by Gasteiger charge is -2.29. The summed E-state index contributed by atoms with van der Waals surface area (Å²) in [5, 5.41) is 38.2. The van der Waals surface area contributed by atoms with Crippen molar-refractivity contribution in [3.8, 4) is 22.5 Å². The maximum absolute atomic E-state index is 13.3. The van der Waals surface area contributed by atoms with Gasteiger partial charge in [0, 0.05) is 25.1 Å². The largest absolute Gasteiger partial charge is 0.480 e. The molecule has 1 aromatic heterocycles. The third-order valence-corrected chi connectivity index (χ3v) is 7.81. The molecule has 0 saturated carbocycles. The Morgan fingerprint density at radius 1 is 0.857 bits per heavy atom. The van der Waals surface area contributed by atoms with Gasteiger partial charge in [0.15, 0.2) is 5.82 Å². The Morgan fingerprint density at radius 3 is 2.18 bits per heavy atom. The van der Waals surface area contributed by atoms with E-state index in [1.54, 1.807) is 42.5 Å². The van der Waals surface area contributed by atoms with Gasteiger partial charge in [-0.25, -0.2) is 15.4 Å². The van der Waals surface area contributed by atoms with E-state index >= 15 is 0 Å². The van der Waals surface area contributed by atoms with Gasteiger partial charge in [-0.3, -0.25) is 24.4 Å². The van der Waals surface area contributed by atoms with E-state index in [1.807, 2.05) is 43.3 Å². The number of carboxylic acid groups (broad SMARTS) is 1. The molecule has 0 spiro atoms. The maximum Gasteiger partial charge on any atom is 0.328 e. The van der Waals surface area contributed by atoms with Crippen LogP contribution >= 0.6 is 0 Å². The molecule has 0 radical (unpaired) electrons. The van der Waals surface area contributed by atoms with Gasteiger partial charge in [0.2, 0.25) is 17.7 Å². The maximum atomic E-state index is 13.3. The number of unbranched alkanes of at least 4 members (excludes halogenated alkanes) is 1. The van der Waals surface area contributed by atoms with Crippen molar-refractivity contribution in [1.82, 2.24) is 41.6 Å². The topological polar surface area (TPSA) is 220 Å². The SMILES string of the molecule is CCCCC(=O)N(Cc1ccc(-c2ccccc2-c2nnn[nH]2)cc1)C(CNC(=O)CNC(=O)C(Cc1ccccc1)C(=O)NO)C(=O)O. The van der Waals surface area contributed by atoms with Crippen LogP contribution in [0.3, 0.4) is 0 Å². The Labute approximate surface area is 282 Å². The zero-order valence-corrected chi connectivity index (χ0v) is 26.8. The van der Waals surface area contributed by atoms with Crippen molar-refractivity contribution in [2.24, 2.45) is 5.92 Å². The van der Waals surface area contributed by atoms with Crippen molar-refractivity contribution in [2.75, 3.05) is 13.1 Å². The molecule has 2 unspecified atom stereocenters. The minimum absolute atomic E-state index is 0.0248. The third-order valence-electron chi connectivity index (χ3n) is 7.81. The molecule has 15 heteroatoms. The standard InChI is InChI=1S/C34H38N8O7/c1-2-3-13-30(44)42(21-23-14-16-24(17-15-23)25-11-7-8-12-26(25)31-37-40-41-38-31)28(34(47)48)19-35-29(43)20-36-32(45)27(33(46)39-49)18-22-9-5-4-6-10-22/h4-12,14-17,27-28,49H,2-3,13,18-21H2,1H3,(H,35,43)(H,36,45)(H,39,46)(H,47,48)(H,37,38,40,41). The molecular weight excluding hydrogens is 632 g/mol. The van der Waals surface area contributed by atoms with E-state index < -0.39 is 48.7 Å². The molecule has 0 bridgehead atoms.